The highest BCUT2D eigenvalue weighted by molar-refractivity contribution is 5.76. The number of esters is 1. The molecule has 368 valence electrons. The molecule has 0 heterocycles. The van der Waals surface area contributed by atoms with Gasteiger partial charge >= 0.3 is 5.97 Å². The molecule has 62 heavy (non-hydrogen) atoms. The van der Waals surface area contributed by atoms with Crippen molar-refractivity contribution < 1.29 is 24.5 Å². The highest BCUT2D eigenvalue weighted by Gasteiger charge is 2.18. The van der Waals surface area contributed by atoms with Gasteiger partial charge in [0.05, 0.1) is 25.4 Å². The van der Waals surface area contributed by atoms with Gasteiger partial charge in [0.15, 0.2) is 0 Å². The van der Waals surface area contributed by atoms with Gasteiger partial charge < -0.3 is 20.3 Å². The second-order valence-corrected chi connectivity index (χ2v) is 19.3. The fourth-order valence-corrected chi connectivity index (χ4v) is 8.75. The van der Waals surface area contributed by atoms with Crippen molar-refractivity contribution in [3.05, 3.63) is 12.2 Å². The number of allylic oxidation sites excluding steroid dienone is 1. The van der Waals surface area contributed by atoms with Gasteiger partial charge in [0.2, 0.25) is 5.91 Å². The van der Waals surface area contributed by atoms with Gasteiger partial charge in [-0.05, 0) is 32.1 Å². The third kappa shape index (κ3) is 48.1. The molecule has 3 N–H and O–H groups in total. The Labute approximate surface area is 387 Å². The molecule has 0 aromatic carbocycles. The monoisotopic (exact) mass is 876 g/mol. The Morgan fingerprint density at radius 2 is 0.742 bits per heavy atom. The van der Waals surface area contributed by atoms with Crippen molar-refractivity contribution in [1.82, 2.24) is 5.32 Å². The number of aliphatic hydroxyl groups excluding tert-OH is 2. The van der Waals surface area contributed by atoms with E-state index in [1.807, 2.05) is 6.08 Å². The van der Waals surface area contributed by atoms with E-state index in [0.29, 0.717) is 19.4 Å². The number of carbonyl (C=O) groups is 2. The van der Waals surface area contributed by atoms with Crippen molar-refractivity contribution in [3.63, 3.8) is 0 Å². The van der Waals surface area contributed by atoms with Crippen LogP contribution in [0.1, 0.15) is 309 Å². The molecule has 0 aromatic rings. The predicted octanol–water partition coefficient (Wildman–Crippen LogP) is 16.9. The molecular weight excluding hydrogens is 767 g/mol. The second kappa shape index (κ2) is 52.2. The van der Waals surface area contributed by atoms with Crippen molar-refractivity contribution >= 4 is 11.9 Å². The second-order valence-electron chi connectivity index (χ2n) is 19.3. The van der Waals surface area contributed by atoms with Crippen LogP contribution in [-0.4, -0.2) is 47.4 Å². The summed E-state index contributed by atoms with van der Waals surface area (Å²) in [5, 5.41) is 23.1. The molecule has 0 bridgehead atoms. The number of rotatable bonds is 52. The average Bonchev–Trinajstić information content (AvgIpc) is 3.27. The summed E-state index contributed by atoms with van der Waals surface area (Å²) in [5.41, 5.74) is 0. The summed E-state index contributed by atoms with van der Waals surface area (Å²) in [6.07, 6.45) is 60.8. The number of aliphatic hydroxyl groups is 2. The molecule has 0 aliphatic carbocycles. The molecule has 6 heteroatoms. The van der Waals surface area contributed by atoms with Crippen molar-refractivity contribution in [1.29, 1.82) is 0 Å². The zero-order valence-corrected chi connectivity index (χ0v) is 41.9. The number of hydrogen-bond acceptors (Lipinski definition) is 5. The fourth-order valence-electron chi connectivity index (χ4n) is 8.75. The highest BCUT2D eigenvalue weighted by Crippen LogP contribution is 2.17. The lowest BCUT2D eigenvalue weighted by molar-refractivity contribution is -0.143. The quantitative estimate of drug-likeness (QED) is 0.0321. The molecule has 0 saturated heterocycles. The van der Waals surface area contributed by atoms with Crippen LogP contribution < -0.4 is 5.32 Å². The minimum atomic E-state index is -0.861. The summed E-state index contributed by atoms with van der Waals surface area (Å²) in [6, 6.07) is -0.647. The lowest BCUT2D eigenvalue weighted by atomic mass is 10.0. The first kappa shape index (κ1) is 60.6. The van der Waals surface area contributed by atoms with Crippen LogP contribution in [-0.2, 0) is 14.3 Å². The molecule has 0 aliphatic heterocycles. The van der Waals surface area contributed by atoms with Gasteiger partial charge in [-0.2, -0.15) is 0 Å². The van der Waals surface area contributed by atoms with Gasteiger partial charge in [-0.1, -0.05) is 276 Å². The third-order valence-electron chi connectivity index (χ3n) is 13.1. The Hall–Kier alpha value is -1.40. The summed E-state index contributed by atoms with van der Waals surface area (Å²) in [4.78, 5) is 24.5. The van der Waals surface area contributed by atoms with E-state index in [2.05, 4.69) is 19.2 Å². The van der Waals surface area contributed by atoms with Gasteiger partial charge in [-0.3, -0.25) is 9.59 Å². The molecule has 2 unspecified atom stereocenters. The Balaban J connectivity index is 3.48. The van der Waals surface area contributed by atoms with Crippen LogP contribution >= 0.6 is 0 Å². The van der Waals surface area contributed by atoms with Crippen LogP contribution in [0.4, 0.5) is 0 Å². The van der Waals surface area contributed by atoms with E-state index in [4.69, 9.17) is 4.74 Å². The molecular formula is C56H109NO5. The van der Waals surface area contributed by atoms with Gasteiger partial charge in [0, 0.05) is 12.8 Å². The first-order valence-corrected chi connectivity index (χ1v) is 28.0. The largest absolute Gasteiger partial charge is 0.466 e. The predicted molar refractivity (Wildman–Crippen MR) is 269 cm³/mol. The molecule has 0 fully saturated rings. The standard InChI is InChI=1S/C56H109NO5/c1-3-5-7-9-11-13-15-17-19-21-22-24-26-28-30-34-38-42-46-50-56(61)62-51-47-43-39-35-31-33-37-41-45-49-55(60)57-53(52-58)54(59)48-44-40-36-32-29-27-25-23-20-18-16-14-12-10-8-6-4-2/h44,48,53-54,58-59H,3-43,45-47,49-52H2,1-2H3,(H,57,60)/b48-44+. The summed E-state index contributed by atoms with van der Waals surface area (Å²) in [5.74, 6) is -0.114. The number of nitrogens with one attached hydrogen (secondary N) is 1. The Bertz CT molecular complexity index is 924. The maximum absolute atomic E-state index is 12.4. The van der Waals surface area contributed by atoms with Crippen LogP contribution in [0.3, 0.4) is 0 Å². The smallest absolute Gasteiger partial charge is 0.305 e. The fraction of sp³-hybridized carbons (Fsp3) is 0.929. The van der Waals surface area contributed by atoms with Gasteiger partial charge in [0.25, 0.3) is 0 Å². The maximum Gasteiger partial charge on any atom is 0.305 e. The topological polar surface area (TPSA) is 95.9 Å². The number of amides is 1. The van der Waals surface area contributed by atoms with E-state index < -0.39 is 12.1 Å². The minimum absolute atomic E-state index is 0.0220. The van der Waals surface area contributed by atoms with Gasteiger partial charge in [-0.25, -0.2) is 0 Å². The van der Waals surface area contributed by atoms with Crippen molar-refractivity contribution in [2.45, 2.75) is 321 Å². The van der Waals surface area contributed by atoms with Crippen LogP contribution in [0.25, 0.3) is 0 Å². The number of unbranched alkanes of at least 4 members (excludes halogenated alkanes) is 41. The first-order valence-electron chi connectivity index (χ1n) is 28.0. The molecule has 6 nitrogen and oxygen atoms in total. The zero-order valence-electron chi connectivity index (χ0n) is 41.9. The first-order chi connectivity index (χ1) is 30.5. The molecule has 2 atom stereocenters. The summed E-state index contributed by atoms with van der Waals surface area (Å²) < 4.78 is 5.47. The molecule has 0 rings (SSSR count). The minimum Gasteiger partial charge on any atom is -0.466 e. The van der Waals surface area contributed by atoms with E-state index in [0.717, 1.165) is 57.8 Å². The van der Waals surface area contributed by atoms with Gasteiger partial charge in [-0.15, -0.1) is 0 Å². The van der Waals surface area contributed by atoms with E-state index >= 15 is 0 Å². The van der Waals surface area contributed by atoms with Crippen molar-refractivity contribution in [2.75, 3.05) is 13.2 Å². The molecule has 0 saturated carbocycles. The van der Waals surface area contributed by atoms with Gasteiger partial charge in [0.1, 0.15) is 0 Å². The Morgan fingerprint density at radius 1 is 0.435 bits per heavy atom. The summed E-state index contributed by atoms with van der Waals surface area (Å²) in [7, 11) is 0. The van der Waals surface area contributed by atoms with Crippen LogP contribution in [0, 0.1) is 0 Å². The molecule has 0 aliphatic rings. The SMILES string of the molecule is CCCCCCCCCCCCCCCCC/C=C/C(O)C(CO)NC(=O)CCCCCCCCCCCOC(=O)CCCCCCCCCCCCCCCCCCCCC. The lowest BCUT2D eigenvalue weighted by Gasteiger charge is -2.20. The molecule has 1 amide bonds. The number of hydrogen-bond donors (Lipinski definition) is 3. The number of carbonyl (C=O) groups excluding carboxylic acids is 2. The normalized spacial score (nSPS) is 12.6. The van der Waals surface area contributed by atoms with E-state index in [1.54, 1.807) is 6.08 Å². The maximum atomic E-state index is 12.4. The van der Waals surface area contributed by atoms with E-state index in [9.17, 15) is 19.8 Å². The van der Waals surface area contributed by atoms with E-state index in [-0.39, 0.29) is 18.5 Å². The Kier molecular flexibility index (Phi) is 51.0. The lowest BCUT2D eigenvalue weighted by Crippen LogP contribution is -2.45. The number of ether oxygens (including phenoxy) is 1. The van der Waals surface area contributed by atoms with Crippen LogP contribution in [0.5, 0.6) is 0 Å². The van der Waals surface area contributed by atoms with Crippen LogP contribution in [0.15, 0.2) is 12.2 Å². The average molecular weight is 876 g/mol. The van der Waals surface area contributed by atoms with E-state index in [1.165, 1.54) is 225 Å². The molecule has 0 aromatic heterocycles. The van der Waals surface area contributed by atoms with Crippen molar-refractivity contribution in [3.8, 4) is 0 Å². The molecule has 0 spiro atoms. The van der Waals surface area contributed by atoms with Crippen LogP contribution in [0.2, 0.25) is 0 Å². The zero-order chi connectivity index (χ0) is 45.1. The summed E-state index contributed by atoms with van der Waals surface area (Å²) >= 11 is 0. The Morgan fingerprint density at radius 3 is 1.10 bits per heavy atom. The highest BCUT2D eigenvalue weighted by atomic mass is 16.5. The third-order valence-corrected chi connectivity index (χ3v) is 13.1. The molecule has 0 radical (unpaired) electrons. The summed E-state index contributed by atoms with van der Waals surface area (Å²) in [6.45, 7) is 4.86. The van der Waals surface area contributed by atoms with Crippen molar-refractivity contribution in [2.24, 2.45) is 0 Å².